The maximum atomic E-state index is 13.1. The van der Waals surface area contributed by atoms with Gasteiger partial charge in [-0.2, -0.15) is 9.29 Å². The Morgan fingerprint density at radius 2 is 1.72 bits per heavy atom. The fourth-order valence-corrected chi connectivity index (χ4v) is 5.49. The van der Waals surface area contributed by atoms with Crippen molar-refractivity contribution < 1.29 is 13.2 Å². The molecular weight excluding hydrogens is 414 g/mol. The maximum Gasteiger partial charge on any atom is 0.243 e. The van der Waals surface area contributed by atoms with Crippen LogP contribution in [0.1, 0.15) is 5.56 Å². The van der Waals surface area contributed by atoms with E-state index >= 15 is 0 Å². The highest BCUT2D eigenvalue weighted by Crippen LogP contribution is 2.27. The Bertz CT molecular complexity index is 974. The minimum atomic E-state index is -3.58. The summed E-state index contributed by atoms with van der Waals surface area (Å²) < 4.78 is 33.0. The molecule has 0 N–H and O–H groups in total. The number of halogens is 1. The van der Waals surface area contributed by atoms with E-state index in [2.05, 4.69) is 14.8 Å². The molecule has 0 bridgehead atoms. The van der Waals surface area contributed by atoms with Crippen molar-refractivity contribution in [3.63, 3.8) is 0 Å². The third-order valence-corrected chi connectivity index (χ3v) is 7.77. The molecular formula is C19H24ClN5O3S. The van der Waals surface area contributed by atoms with Gasteiger partial charge in [-0.15, -0.1) is 0 Å². The average Bonchev–Trinajstić information content (AvgIpc) is 2.76. The third kappa shape index (κ3) is 4.18. The van der Waals surface area contributed by atoms with Gasteiger partial charge in [0.15, 0.2) is 0 Å². The van der Waals surface area contributed by atoms with E-state index in [1.807, 2.05) is 6.07 Å². The van der Waals surface area contributed by atoms with Crippen molar-refractivity contribution in [2.45, 2.75) is 11.8 Å². The van der Waals surface area contributed by atoms with Crippen LogP contribution in [0.4, 0.5) is 11.8 Å². The molecule has 0 spiro atoms. The number of sulfonamides is 1. The highest BCUT2D eigenvalue weighted by atomic mass is 35.5. The molecule has 1 aromatic heterocycles. The number of benzene rings is 1. The van der Waals surface area contributed by atoms with Crippen molar-refractivity contribution in [3.8, 4) is 0 Å². The largest absolute Gasteiger partial charge is 0.378 e. The lowest BCUT2D eigenvalue weighted by Crippen LogP contribution is -2.49. The van der Waals surface area contributed by atoms with Crippen LogP contribution in [0.5, 0.6) is 0 Å². The van der Waals surface area contributed by atoms with Crippen LogP contribution in [0.2, 0.25) is 5.02 Å². The van der Waals surface area contributed by atoms with Crippen LogP contribution < -0.4 is 9.80 Å². The van der Waals surface area contributed by atoms with Gasteiger partial charge in [-0.1, -0.05) is 17.7 Å². The van der Waals surface area contributed by atoms with E-state index in [1.165, 1.54) is 4.31 Å². The van der Waals surface area contributed by atoms with Gasteiger partial charge in [-0.25, -0.2) is 13.4 Å². The van der Waals surface area contributed by atoms with Gasteiger partial charge in [0.1, 0.15) is 5.82 Å². The van der Waals surface area contributed by atoms with Gasteiger partial charge in [-0.05, 0) is 30.7 Å². The minimum absolute atomic E-state index is 0.273. The second kappa shape index (κ2) is 8.43. The van der Waals surface area contributed by atoms with Crippen LogP contribution >= 0.6 is 11.6 Å². The molecule has 1 aromatic carbocycles. The molecule has 3 heterocycles. The number of hydrogen-bond acceptors (Lipinski definition) is 7. The van der Waals surface area contributed by atoms with Crippen LogP contribution in [0.25, 0.3) is 0 Å². The first-order chi connectivity index (χ1) is 14.0. The molecule has 0 saturated carbocycles. The maximum absolute atomic E-state index is 13.1. The summed E-state index contributed by atoms with van der Waals surface area (Å²) in [6, 6.07) is 6.86. The first kappa shape index (κ1) is 20.3. The van der Waals surface area contributed by atoms with Gasteiger partial charge in [0.05, 0.1) is 18.1 Å². The quantitative estimate of drug-likeness (QED) is 0.721. The molecule has 8 nitrogen and oxygen atoms in total. The van der Waals surface area contributed by atoms with Gasteiger partial charge in [0.2, 0.25) is 16.0 Å². The second-order valence-corrected chi connectivity index (χ2v) is 9.38. The van der Waals surface area contributed by atoms with E-state index in [-0.39, 0.29) is 4.90 Å². The predicted molar refractivity (Wildman–Crippen MR) is 112 cm³/mol. The summed E-state index contributed by atoms with van der Waals surface area (Å²) in [5.41, 5.74) is 0.586. The summed E-state index contributed by atoms with van der Waals surface area (Å²) >= 11 is 6.12. The smallest absolute Gasteiger partial charge is 0.243 e. The summed E-state index contributed by atoms with van der Waals surface area (Å²) in [5, 5.41) is 0.460. The first-order valence-electron chi connectivity index (χ1n) is 9.63. The lowest BCUT2D eigenvalue weighted by molar-refractivity contribution is 0.122. The molecule has 10 heteroatoms. The molecule has 2 aromatic rings. The van der Waals surface area contributed by atoms with Crippen molar-refractivity contribution in [1.29, 1.82) is 0 Å². The molecule has 2 fully saturated rings. The highest BCUT2D eigenvalue weighted by Gasteiger charge is 2.30. The van der Waals surface area contributed by atoms with E-state index < -0.39 is 10.0 Å². The number of rotatable bonds is 4. The van der Waals surface area contributed by atoms with Gasteiger partial charge < -0.3 is 14.5 Å². The van der Waals surface area contributed by atoms with E-state index in [4.69, 9.17) is 21.3 Å². The first-order valence-corrected chi connectivity index (χ1v) is 11.4. The van der Waals surface area contributed by atoms with Crippen molar-refractivity contribution >= 4 is 33.4 Å². The lowest BCUT2D eigenvalue weighted by atomic mass is 10.2. The van der Waals surface area contributed by atoms with Gasteiger partial charge >= 0.3 is 0 Å². The summed E-state index contributed by atoms with van der Waals surface area (Å²) in [6.07, 6.45) is 1.76. The zero-order valence-corrected chi connectivity index (χ0v) is 17.9. The van der Waals surface area contributed by atoms with Crippen molar-refractivity contribution in [1.82, 2.24) is 14.3 Å². The van der Waals surface area contributed by atoms with Crippen molar-refractivity contribution in [2.75, 3.05) is 62.3 Å². The predicted octanol–water partition coefficient (Wildman–Crippen LogP) is 1.79. The summed E-state index contributed by atoms with van der Waals surface area (Å²) in [6.45, 7) is 6.55. The minimum Gasteiger partial charge on any atom is -0.378 e. The third-order valence-electron chi connectivity index (χ3n) is 5.32. The highest BCUT2D eigenvalue weighted by molar-refractivity contribution is 7.89. The number of anilines is 2. The number of piperazine rings is 1. The number of nitrogens with zero attached hydrogens (tertiary/aromatic N) is 5. The van der Waals surface area contributed by atoms with Crippen LogP contribution in [-0.2, 0) is 14.8 Å². The summed E-state index contributed by atoms with van der Waals surface area (Å²) in [7, 11) is -3.58. The number of ether oxygens (including phenoxy) is 1. The number of hydrogen-bond donors (Lipinski definition) is 0. The van der Waals surface area contributed by atoms with Crippen LogP contribution in [0, 0.1) is 6.92 Å². The Labute approximate surface area is 176 Å². The molecule has 0 atom stereocenters. The number of morpholine rings is 1. The Morgan fingerprint density at radius 3 is 2.45 bits per heavy atom. The van der Waals surface area contributed by atoms with E-state index in [9.17, 15) is 8.42 Å². The molecule has 0 unspecified atom stereocenters. The Kier molecular flexibility index (Phi) is 5.91. The molecule has 156 valence electrons. The SMILES string of the molecule is Cc1c(Cl)cccc1S(=O)(=O)N1CCN(c2ccnc(N3CCOCC3)n2)CC1. The molecule has 29 heavy (non-hydrogen) atoms. The molecule has 0 amide bonds. The molecule has 0 radical (unpaired) electrons. The Morgan fingerprint density at radius 1 is 1.00 bits per heavy atom. The topological polar surface area (TPSA) is 78.9 Å². The lowest BCUT2D eigenvalue weighted by Gasteiger charge is -2.35. The summed E-state index contributed by atoms with van der Waals surface area (Å²) in [4.78, 5) is 13.6. The standard InChI is InChI=1S/C19H24ClN5O3S/c1-15-16(20)3-2-4-17(15)29(26,27)25-9-7-23(8-10-25)18-5-6-21-19(22-18)24-11-13-28-14-12-24/h2-6H,7-14H2,1H3. The van der Waals surface area contributed by atoms with Crippen LogP contribution in [0.3, 0.4) is 0 Å². The number of aromatic nitrogens is 2. The van der Waals surface area contributed by atoms with Gasteiger partial charge in [-0.3, -0.25) is 0 Å². The zero-order valence-electron chi connectivity index (χ0n) is 16.3. The molecule has 4 rings (SSSR count). The van der Waals surface area contributed by atoms with E-state index in [1.54, 1.807) is 31.3 Å². The van der Waals surface area contributed by atoms with Gasteiger partial charge in [0.25, 0.3) is 0 Å². The molecule has 2 aliphatic heterocycles. The van der Waals surface area contributed by atoms with Crippen LogP contribution in [0.15, 0.2) is 35.4 Å². The summed E-state index contributed by atoms with van der Waals surface area (Å²) in [5.74, 6) is 1.51. The van der Waals surface area contributed by atoms with E-state index in [0.717, 1.165) is 18.9 Å². The van der Waals surface area contributed by atoms with Gasteiger partial charge in [0, 0.05) is 50.5 Å². The monoisotopic (exact) mass is 437 g/mol. The normalized spacial score (nSPS) is 18.8. The zero-order chi connectivity index (χ0) is 20.4. The molecule has 0 aliphatic carbocycles. The fourth-order valence-electron chi connectivity index (χ4n) is 3.59. The molecule has 2 saturated heterocycles. The Hall–Kier alpha value is -1.94. The van der Waals surface area contributed by atoms with Crippen molar-refractivity contribution in [2.24, 2.45) is 0 Å². The average molecular weight is 438 g/mol. The Balaban J connectivity index is 1.46. The fraction of sp³-hybridized carbons (Fsp3) is 0.474. The van der Waals surface area contributed by atoms with Crippen molar-refractivity contribution in [3.05, 3.63) is 41.0 Å². The second-order valence-electron chi connectivity index (χ2n) is 7.07. The van der Waals surface area contributed by atoms with Crippen LogP contribution in [-0.4, -0.2) is 75.2 Å². The van der Waals surface area contributed by atoms with E-state index in [0.29, 0.717) is 55.9 Å². The molecule has 2 aliphatic rings.